The van der Waals surface area contributed by atoms with Gasteiger partial charge in [-0.1, -0.05) is 29.8 Å². The summed E-state index contributed by atoms with van der Waals surface area (Å²) in [6.07, 6.45) is 1.41. The van der Waals surface area contributed by atoms with Gasteiger partial charge in [0.1, 0.15) is 12.4 Å². The zero-order valence-electron chi connectivity index (χ0n) is 12.7. The highest BCUT2D eigenvalue weighted by Crippen LogP contribution is 2.13. The number of carbonyl (C=O) groups is 2. The predicted octanol–water partition coefficient (Wildman–Crippen LogP) is 1.51. The van der Waals surface area contributed by atoms with Crippen molar-refractivity contribution in [1.82, 2.24) is 5.43 Å². The number of nitrogens with two attached hydrogens (primary N) is 1. The van der Waals surface area contributed by atoms with Gasteiger partial charge < -0.3 is 10.5 Å². The molecule has 3 N–H and O–H groups in total. The maximum atomic E-state index is 10.9. The first-order chi connectivity index (χ1) is 11.0. The maximum Gasteiger partial charge on any atom is 0.329 e. The smallest absolute Gasteiger partial charge is 0.329 e. The van der Waals surface area contributed by atoms with Crippen molar-refractivity contribution in [3.8, 4) is 5.75 Å². The van der Waals surface area contributed by atoms with Gasteiger partial charge in [0.25, 0.3) is 0 Å². The molecule has 0 aliphatic heterocycles. The Labute approximate surface area is 134 Å². The predicted molar refractivity (Wildman–Crippen MR) is 86.9 cm³/mol. The Balaban J connectivity index is 1.86. The number of hydrogen-bond donors (Lipinski definition) is 2. The van der Waals surface area contributed by atoms with Crippen LogP contribution in [0.15, 0.2) is 53.6 Å². The van der Waals surface area contributed by atoms with Gasteiger partial charge in [0.15, 0.2) is 0 Å². The molecule has 2 amide bonds. The maximum absolute atomic E-state index is 10.9. The van der Waals surface area contributed by atoms with Gasteiger partial charge in [-0.15, -0.1) is 0 Å². The summed E-state index contributed by atoms with van der Waals surface area (Å²) in [6, 6.07) is 15.3. The molecule has 6 heteroatoms. The second kappa shape index (κ2) is 7.74. The van der Waals surface area contributed by atoms with Crippen LogP contribution in [0.2, 0.25) is 0 Å². The molecule has 0 spiro atoms. The highest BCUT2D eigenvalue weighted by molar-refractivity contribution is 6.34. The molecule has 118 valence electrons. The van der Waals surface area contributed by atoms with Gasteiger partial charge >= 0.3 is 11.8 Å². The number of ether oxygens (including phenoxy) is 1. The molecule has 0 saturated carbocycles. The fraction of sp³-hybridized carbons (Fsp3) is 0.118. The molecule has 0 unspecified atom stereocenters. The largest absolute Gasteiger partial charge is 0.489 e. The summed E-state index contributed by atoms with van der Waals surface area (Å²) >= 11 is 0. The summed E-state index contributed by atoms with van der Waals surface area (Å²) in [6.45, 7) is 2.53. The number of primary amides is 1. The Morgan fingerprint density at radius 3 is 2.39 bits per heavy atom. The molecular weight excluding hydrogens is 294 g/mol. The van der Waals surface area contributed by atoms with Gasteiger partial charge in [-0.25, -0.2) is 5.43 Å². The quantitative estimate of drug-likeness (QED) is 0.498. The highest BCUT2D eigenvalue weighted by atomic mass is 16.5. The Kier molecular flexibility index (Phi) is 5.46. The zero-order valence-corrected chi connectivity index (χ0v) is 12.7. The van der Waals surface area contributed by atoms with E-state index in [9.17, 15) is 9.59 Å². The summed E-state index contributed by atoms with van der Waals surface area (Å²) in [4.78, 5) is 21.4. The van der Waals surface area contributed by atoms with Gasteiger partial charge in [-0.2, -0.15) is 5.10 Å². The van der Waals surface area contributed by atoms with Crippen LogP contribution in [0.25, 0.3) is 0 Å². The lowest BCUT2D eigenvalue weighted by Crippen LogP contribution is -2.32. The third-order valence-electron chi connectivity index (χ3n) is 3.01. The molecule has 0 radical (unpaired) electrons. The van der Waals surface area contributed by atoms with Crippen molar-refractivity contribution in [3.05, 3.63) is 65.2 Å². The molecule has 0 atom stereocenters. The van der Waals surface area contributed by atoms with Crippen molar-refractivity contribution < 1.29 is 14.3 Å². The molecule has 0 aromatic heterocycles. The summed E-state index contributed by atoms with van der Waals surface area (Å²) in [7, 11) is 0. The summed E-state index contributed by atoms with van der Waals surface area (Å²) in [5.41, 5.74) is 9.85. The fourth-order valence-electron chi connectivity index (χ4n) is 1.72. The molecule has 0 aliphatic carbocycles. The first kappa shape index (κ1) is 16.2. The third kappa shape index (κ3) is 5.28. The Bertz CT molecular complexity index is 707. The van der Waals surface area contributed by atoms with Crippen molar-refractivity contribution in [1.29, 1.82) is 0 Å². The van der Waals surface area contributed by atoms with Crippen molar-refractivity contribution in [2.75, 3.05) is 0 Å². The van der Waals surface area contributed by atoms with Crippen molar-refractivity contribution in [2.24, 2.45) is 10.8 Å². The number of hydrazone groups is 1. The minimum absolute atomic E-state index is 0.488. The average molecular weight is 311 g/mol. The van der Waals surface area contributed by atoms with E-state index in [0.29, 0.717) is 6.61 Å². The van der Waals surface area contributed by atoms with E-state index < -0.39 is 11.8 Å². The van der Waals surface area contributed by atoms with Gasteiger partial charge in [-0.05, 0) is 42.3 Å². The van der Waals surface area contributed by atoms with Gasteiger partial charge in [0.2, 0.25) is 0 Å². The number of hydrogen-bond acceptors (Lipinski definition) is 4. The number of nitrogens with zero attached hydrogens (tertiary/aromatic N) is 1. The zero-order chi connectivity index (χ0) is 16.7. The van der Waals surface area contributed by atoms with Crippen molar-refractivity contribution in [2.45, 2.75) is 13.5 Å². The molecule has 2 aromatic rings. The standard InChI is InChI=1S/C17H17N3O3/c1-12-2-4-14(5-3-12)11-23-15-8-6-13(7-9-15)10-19-20-17(22)16(18)21/h2-10H,11H2,1H3,(H2,18,21)(H,20,22)/b19-10+. The topological polar surface area (TPSA) is 93.8 Å². The van der Waals surface area contributed by atoms with Gasteiger partial charge in [0, 0.05) is 0 Å². The van der Waals surface area contributed by atoms with E-state index in [1.165, 1.54) is 11.8 Å². The summed E-state index contributed by atoms with van der Waals surface area (Å²) < 4.78 is 5.69. The van der Waals surface area contributed by atoms with Crippen LogP contribution in [0.3, 0.4) is 0 Å². The molecule has 0 heterocycles. The van der Waals surface area contributed by atoms with Gasteiger partial charge in [0.05, 0.1) is 6.21 Å². The first-order valence-electron chi connectivity index (χ1n) is 6.96. The molecule has 0 fully saturated rings. The Hall–Kier alpha value is -3.15. The minimum Gasteiger partial charge on any atom is -0.489 e. The molecular formula is C17H17N3O3. The summed E-state index contributed by atoms with van der Waals surface area (Å²) in [5.74, 6) is -1.31. The number of amides is 2. The van der Waals surface area contributed by atoms with E-state index in [0.717, 1.165) is 16.9 Å². The van der Waals surface area contributed by atoms with E-state index in [4.69, 9.17) is 10.5 Å². The molecule has 6 nitrogen and oxygen atoms in total. The average Bonchev–Trinajstić information content (AvgIpc) is 2.55. The molecule has 0 aliphatic rings. The van der Waals surface area contributed by atoms with E-state index in [-0.39, 0.29) is 0 Å². The van der Waals surface area contributed by atoms with E-state index in [1.54, 1.807) is 24.3 Å². The van der Waals surface area contributed by atoms with Crippen LogP contribution in [0.5, 0.6) is 5.75 Å². The number of carbonyl (C=O) groups excluding carboxylic acids is 2. The van der Waals surface area contributed by atoms with Crippen LogP contribution < -0.4 is 15.9 Å². The van der Waals surface area contributed by atoms with E-state index >= 15 is 0 Å². The van der Waals surface area contributed by atoms with Crippen molar-refractivity contribution >= 4 is 18.0 Å². The number of rotatable bonds is 5. The molecule has 0 bridgehead atoms. The minimum atomic E-state index is -1.08. The molecule has 2 rings (SSSR count). The Morgan fingerprint density at radius 2 is 1.78 bits per heavy atom. The fourth-order valence-corrected chi connectivity index (χ4v) is 1.72. The Morgan fingerprint density at radius 1 is 1.13 bits per heavy atom. The second-order valence-electron chi connectivity index (χ2n) is 4.91. The van der Waals surface area contributed by atoms with Crippen LogP contribution in [0.4, 0.5) is 0 Å². The normalized spacial score (nSPS) is 10.5. The van der Waals surface area contributed by atoms with Crippen LogP contribution in [-0.2, 0) is 16.2 Å². The number of nitrogens with one attached hydrogen (secondary N) is 1. The first-order valence-corrected chi connectivity index (χ1v) is 6.96. The van der Waals surface area contributed by atoms with Crippen LogP contribution in [0, 0.1) is 6.92 Å². The molecule has 0 saturated heterocycles. The monoisotopic (exact) mass is 311 g/mol. The van der Waals surface area contributed by atoms with Crippen LogP contribution in [-0.4, -0.2) is 18.0 Å². The number of benzene rings is 2. The van der Waals surface area contributed by atoms with Crippen LogP contribution >= 0.6 is 0 Å². The van der Waals surface area contributed by atoms with Gasteiger partial charge in [-0.3, -0.25) is 9.59 Å². The third-order valence-corrected chi connectivity index (χ3v) is 3.01. The van der Waals surface area contributed by atoms with E-state index in [2.05, 4.69) is 5.10 Å². The van der Waals surface area contributed by atoms with Crippen LogP contribution in [0.1, 0.15) is 16.7 Å². The lowest BCUT2D eigenvalue weighted by molar-refractivity contribution is -0.137. The second-order valence-corrected chi connectivity index (χ2v) is 4.91. The summed E-state index contributed by atoms with van der Waals surface area (Å²) in [5, 5.41) is 3.63. The molecule has 2 aromatic carbocycles. The van der Waals surface area contributed by atoms with E-state index in [1.807, 2.05) is 36.6 Å². The SMILES string of the molecule is Cc1ccc(COc2ccc(/C=N/NC(=O)C(N)=O)cc2)cc1. The molecule has 23 heavy (non-hydrogen) atoms. The lowest BCUT2D eigenvalue weighted by Gasteiger charge is -2.06. The lowest BCUT2D eigenvalue weighted by atomic mass is 10.2. The number of aryl methyl sites for hydroxylation is 1. The highest BCUT2D eigenvalue weighted by Gasteiger charge is 2.05. The van der Waals surface area contributed by atoms with Crippen molar-refractivity contribution in [3.63, 3.8) is 0 Å².